The van der Waals surface area contributed by atoms with Gasteiger partial charge in [-0.1, -0.05) is 44.2 Å². The quantitative estimate of drug-likeness (QED) is 0.897. The third kappa shape index (κ3) is 3.40. The summed E-state index contributed by atoms with van der Waals surface area (Å²) in [5.41, 5.74) is 1.32. The molecule has 0 saturated carbocycles. The van der Waals surface area contributed by atoms with E-state index in [1.807, 2.05) is 6.07 Å². The second kappa shape index (κ2) is 5.84. The van der Waals surface area contributed by atoms with E-state index in [4.69, 9.17) is 0 Å². The van der Waals surface area contributed by atoms with Gasteiger partial charge < -0.3 is 4.90 Å². The minimum atomic E-state index is -3.14. The molecule has 1 aliphatic rings. The molecule has 1 aliphatic heterocycles. The van der Waals surface area contributed by atoms with E-state index >= 15 is 0 Å². The molecule has 1 atom stereocenters. The Hall–Kier alpha value is -0.910. The van der Waals surface area contributed by atoms with Gasteiger partial charge in [0.15, 0.2) is 0 Å². The first-order valence-electron chi connectivity index (χ1n) is 7.05. The van der Waals surface area contributed by atoms with E-state index in [1.54, 1.807) is 0 Å². The monoisotopic (exact) mass is 296 g/mol. The molecule has 0 spiro atoms. The van der Waals surface area contributed by atoms with Crippen molar-refractivity contribution in [2.24, 2.45) is 0 Å². The third-order valence-electron chi connectivity index (χ3n) is 4.13. The minimum absolute atomic E-state index is 0.0273. The number of likely N-dealkylation sites (tertiary alicyclic amines) is 1. The van der Waals surface area contributed by atoms with E-state index < -0.39 is 10.0 Å². The molecule has 1 saturated heterocycles. The van der Waals surface area contributed by atoms with Gasteiger partial charge in [0.05, 0.1) is 5.25 Å². The smallest absolute Gasteiger partial charge is 0.215 e. The van der Waals surface area contributed by atoms with Crippen molar-refractivity contribution >= 4 is 10.0 Å². The van der Waals surface area contributed by atoms with Crippen molar-refractivity contribution in [3.63, 3.8) is 0 Å². The Morgan fingerprint density at radius 3 is 2.55 bits per heavy atom. The minimum Gasteiger partial charge on any atom is -0.301 e. The fourth-order valence-corrected chi connectivity index (χ4v) is 4.06. The fourth-order valence-electron chi connectivity index (χ4n) is 2.90. The highest BCUT2D eigenvalue weighted by Crippen LogP contribution is 2.26. The van der Waals surface area contributed by atoms with Gasteiger partial charge in [0.2, 0.25) is 10.0 Å². The summed E-state index contributed by atoms with van der Waals surface area (Å²) in [6, 6.07) is 10.4. The van der Waals surface area contributed by atoms with Crippen molar-refractivity contribution in [3.8, 4) is 0 Å². The maximum Gasteiger partial charge on any atom is 0.215 e. The van der Waals surface area contributed by atoms with Crippen LogP contribution in [0.1, 0.15) is 25.8 Å². The number of benzene rings is 1. The van der Waals surface area contributed by atoms with Gasteiger partial charge in [0.1, 0.15) is 0 Å². The lowest BCUT2D eigenvalue weighted by atomic mass is 9.84. The molecule has 1 heterocycles. The molecule has 112 valence electrons. The van der Waals surface area contributed by atoms with Crippen molar-refractivity contribution in [1.82, 2.24) is 9.62 Å². The Morgan fingerprint density at radius 2 is 1.95 bits per heavy atom. The molecule has 0 aromatic heterocycles. The maximum absolute atomic E-state index is 11.8. The molecule has 1 fully saturated rings. The van der Waals surface area contributed by atoms with Crippen LogP contribution in [0.2, 0.25) is 0 Å². The van der Waals surface area contributed by atoms with Crippen LogP contribution in [0.4, 0.5) is 0 Å². The van der Waals surface area contributed by atoms with Crippen molar-refractivity contribution in [1.29, 1.82) is 0 Å². The Kier molecular flexibility index (Phi) is 4.52. The summed E-state index contributed by atoms with van der Waals surface area (Å²) in [5, 5.41) is -0.279. The highest BCUT2D eigenvalue weighted by Gasteiger charge is 2.34. The Morgan fingerprint density at radius 1 is 1.30 bits per heavy atom. The lowest BCUT2D eigenvalue weighted by Gasteiger charge is -2.30. The first-order chi connectivity index (χ1) is 9.35. The number of hydrogen-bond acceptors (Lipinski definition) is 3. The van der Waals surface area contributed by atoms with Gasteiger partial charge in [0.25, 0.3) is 0 Å². The topological polar surface area (TPSA) is 49.4 Å². The summed E-state index contributed by atoms with van der Waals surface area (Å²) in [7, 11) is -1.65. The van der Waals surface area contributed by atoms with Crippen LogP contribution in [0.15, 0.2) is 30.3 Å². The molecule has 0 aliphatic carbocycles. The predicted molar refractivity (Wildman–Crippen MR) is 82.3 cm³/mol. The van der Waals surface area contributed by atoms with Crippen LogP contribution in [0.25, 0.3) is 0 Å². The van der Waals surface area contributed by atoms with E-state index in [0.717, 1.165) is 13.1 Å². The molecule has 5 heteroatoms. The molecular weight excluding hydrogens is 272 g/mol. The van der Waals surface area contributed by atoms with Gasteiger partial charge in [-0.2, -0.15) is 0 Å². The Bertz CT molecular complexity index is 540. The van der Waals surface area contributed by atoms with E-state index in [9.17, 15) is 8.42 Å². The molecule has 1 aromatic rings. The van der Waals surface area contributed by atoms with Crippen LogP contribution in [-0.2, 0) is 15.4 Å². The Balaban J connectivity index is 2.02. The lowest BCUT2D eigenvalue weighted by Crippen LogP contribution is -2.38. The van der Waals surface area contributed by atoms with Crippen LogP contribution < -0.4 is 4.72 Å². The van der Waals surface area contributed by atoms with Crippen LogP contribution >= 0.6 is 0 Å². The zero-order chi connectivity index (χ0) is 14.8. The highest BCUT2D eigenvalue weighted by molar-refractivity contribution is 7.90. The summed E-state index contributed by atoms with van der Waals surface area (Å²) in [5.74, 6) is 0. The molecule has 4 nitrogen and oxygen atoms in total. The van der Waals surface area contributed by atoms with E-state index in [0.29, 0.717) is 13.0 Å². The van der Waals surface area contributed by atoms with Crippen molar-refractivity contribution in [2.75, 3.05) is 26.7 Å². The molecule has 1 aromatic carbocycles. The molecular formula is C15H24N2O2S. The van der Waals surface area contributed by atoms with Crippen LogP contribution in [0.3, 0.4) is 0 Å². The van der Waals surface area contributed by atoms with Gasteiger partial charge in [-0.05, 0) is 25.6 Å². The van der Waals surface area contributed by atoms with Crippen LogP contribution in [0, 0.1) is 0 Å². The van der Waals surface area contributed by atoms with Gasteiger partial charge in [-0.15, -0.1) is 0 Å². The first kappa shape index (κ1) is 15.5. The maximum atomic E-state index is 11.8. The second-order valence-corrected chi connectivity index (χ2v) is 8.31. The Labute approximate surface area is 122 Å². The standard InChI is InChI=1S/C15H24N2O2S/c1-15(2,13-7-5-4-6-8-13)12-17-10-9-14(11-17)20(18,19)16-3/h4-8,14,16H,9-12H2,1-3H3/t14-/m0/s1. The fraction of sp³-hybridized carbons (Fsp3) is 0.600. The molecule has 0 radical (unpaired) electrons. The van der Waals surface area contributed by atoms with Gasteiger partial charge in [-0.3, -0.25) is 0 Å². The van der Waals surface area contributed by atoms with Gasteiger partial charge in [0, 0.05) is 18.5 Å². The largest absolute Gasteiger partial charge is 0.301 e. The lowest BCUT2D eigenvalue weighted by molar-refractivity contribution is 0.269. The zero-order valence-corrected chi connectivity index (χ0v) is 13.3. The summed E-state index contributed by atoms with van der Waals surface area (Å²) < 4.78 is 26.1. The molecule has 20 heavy (non-hydrogen) atoms. The summed E-state index contributed by atoms with van der Waals surface area (Å²) in [6.07, 6.45) is 0.716. The van der Waals surface area contributed by atoms with E-state index in [2.05, 4.69) is 47.7 Å². The number of hydrogen-bond donors (Lipinski definition) is 1. The normalized spacial score (nSPS) is 21.2. The molecule has 0 bridgehead atoms. The molecule has 2 rings (SSSR count). The number of rotatable bonds is 5. The first-order valence-corrected chi connectivity index (χ1v) is 8.60. The van der Waals surface area contributed by atoms with Crippen LogP contribution in [-0.4, -0.2) is 45.2 Å². The molecule has 0 amide bonds. The van der Waals surface area contributed by atoms with E-state index in [-0.39, 0.29) is 10.7 Å². The molecule has 0 unspecified atom stereocenters. The average Bonchev–Trinajstić information content (AvgIpc) is 2.88. The van der Waals surface area contributed by atoms with Crippen LogP contribution in [0.5, 0.6) is 0 Å². The number of nitrogens with one attached hydrogen (secondary N) is 1. The number of nitrogens with zero attached hydrogens (tertiary/aromatic N) is 1. The highest BCUT2D eigenvalue weighted by atomic mass is 32.2. The number of sulfonamides is 1. The van der Waals surface area contributed by atoms with Crippen molar-refractivity contribution < 1.29 is 8.42 Å². The summed E-state index contributed by atoms with van der Waals surface area (Å²) >= 11 is 0. The van der Waals surface area contributed by atoms with E-state index in [1.165, 1.54) is 12.6 Å². The summed E-state index contributed by atoms with van der Waals surface area (Å²) in [4.78, 5) is 2.26. The predicted octanol–water partition coefficient (Wildman–Crippen LogP) is 1.59. The molecule has 1 N–H and O–H groups in total. The second-order valence-electron chi connectivity index (χ2n) is 6.14. The zero-order valence-electron chi connectivity index (χ0n) is 12.5. The van der Waals surface area contributed by atoms with Gasteiger partial charge in [-0.25, -0.2) is 13.1 Å². The summed E-state index contributed by atoms with van der Waals surface area (Å²) in [6.45, 7) is 6.78. The SMILES string of the molecule is CNS(=O)(=O)[C@H]1CCN(CC(C)(C)c2ccccc2)C1. The van der Waals surface area contributed by atoms with Crippen molar-refractivity contribution in [2.45, 2.75) is 30.9 Å². The van der Waals surface area contributed by atoms with Gasteiger partial charge >= 0.3 is 0 Å². The third-order valence-corrected chi connectivity index (χ3v) is 5.96. The van der Waals surface area contributed by atoms with Crippen molar-refractivity contribution in [3.05, 3.63) is 35.9 Å². The average molecular weight is 296 g/mol.